The van der Waals surface area contributed by atoms with Gasteiger partial charge in [0.05, 0.1) is 0 Å². The molecule has 0 fully saturated rings. The average Bonchev–Trinajstić information content (AvgIpc) is 3.07. The van der Waals surface area contributed by atoms with Gasteiger partial charge in [0.1, 0.15) is 19.8 Å². The van der Waals surface area contributed by atoms with Gasteiger partial charge in [0.2, 0.25) is 0 Å². The van der Waals surface area contributed by atoms with Gasteiger partial charge in [-0.15, -0.1) is 3.89 Å². The van der Waals surface area contributed by atoms with E-state index in [1.165, 1.54) is 0 Å². The summed E-state index contributed by atoms with van der Waals surface area (Å²) in [6.07, 6.45) is -18.8. The van der Waals surface area contributed by atoms with Crippen molar-refractivity contribution in [3.05, 3.63) is 0 Å². The Balaban J connectivity index is 7.55. The molecule has 0 aliphatic rings. The van der Waals surface area contributed by atoms with E-state index in [4.69, 9.17) is 0 Å². The Bertz CT molecular complexity index is 1350. The van der Waals surface area contributed by atoms with Gasteiger partial charge in [0.25, 0.3) is 11.3 Å². The summed E-state index contributed by atoms with van der Waals surface area (Å²) in [5.41, 5.74) is 0. The average molecular weight is 1040 g/mol. The zero-order chi connectivity index (χ0) is 51.0. The van der Waals surface area contributed by atoms with Crippen molar-refractivity contribution in [2.75, 3.05) is 19.8 Å². The van der Waals surface area contributed by atoms with E-state index in [0.717, 1.165) is 0 Å². The molecule has 0 aliphatic carbocycles. The number of hydrogen-bond donors (Lipinski definition) is 0. The van der Waals surface area contributed by atoms with Crippen molar-refractivity contribution in [1.29, 1.82) is 0 Å². The highest BCUT2D eigenvalue weighted by atomic mass is 32.3. The first-order chi connectivity index (χ1) is 26.5. The molecular formula is C21H9F37O3S. The van der Waals surface area contributed by atoms with Gasteiger partial charge in [0.15, 0.2) is 0 Å². The molecule has 0 spiro atoms. The second-order valence-electron chi connectivity index (χ2n) is 11.2. The van der Waals surface area contributed by atoms with E-state index >= 15 is 3.89 Å². The molecule has 3 nitrogen and oxygen atoms in total. The third-order valence-electron chi connectivity index (χ3n) is 6.97. The third-order valence-corrected chi connectivity index (χ3v) is 8.16. The van der Waals surface area contributed by atoms with Crippen LogP contribution in [0, 0.1) is 0 Å². The van der Waals surface area contributed by atoms with Crippen LogP contribution in [0.3, 0.4) is 0 Å². The van der Waals surface area contributed by atoms with Gasteiger partial charge in [-0.3, -0.25) is 12.5 Å². The van der Waals surface area contributed by atoms with Crippen LogP contribution in [0.4, 0.5) is 162 Å². The lowest BCUT2D eigenvalue weighted by Gasteiger charge is -2.41. The van der Waals surface area contributed by atoms with E-state index in [9.17, 15) is 158 Å². The van der Waals surface area contributed by atoms with Crippen LogP contribution >= 0.6 is 11.3 Å². The summed E-state index contributed by atoms with van der Waals surface area (Å²) in [4.78, 5) is 0. The summed E-state index contributed by atoms with van der Waals surface area (Å²) in [7, 11) is 0. The molecule has 0 aromatic heterocycles. The van der Waals surface area contributed by atoms with Crippen molar-refractivity contribution in [3.8, 4) is 0 Å². The maximum absolute atomic E-state index is 15.0. The highest BCUT2D eigenvalue weighted by Crippen LogP contribution is 2.64. The smallest absolute Gasteiger partial charge is 0.261 e. The van der Waals surface area contributed by atoms with Crippen LogP contribution in [-0.4, -0.2) is 128 Å². The van der Waals surface area contributed by atoms with E-state index in [2.05, 4.69) is 12.5 Å². The van der Waals surface area contributed by atoms with Gasteiger partial charge in [-0.25, -0.2) is 26.3 Å². The summed E-state index contributed by atoms with van der Waals surface area (Å²) < 4.78 is 503. The van der Waals surface area contributed by atoms with Crippen LogP contribution in [0.15, 0.2) is 0 Å². The van der Waals surface area contributed by atoms with Crippen molar-refractivity contribution in [2.45, 2.75) is 108 Å². The van der Waals surface area contributed by atoms with Gasteiger partial charge in [0, 0.05) is 0 Å². The molecule has 0 saturated carbocycles. The Morgan fingerprint density at radius 1 is 0.258 bits per heavy atom. The van der Waals surface area contributed by atoms with Crippen LogP contribution in [0.2, 0.25) is 0 Å². The molecule has 0 aliphatic heterocycles. The van der Waals surface area contributed by atoms with Gasteiger partial charge < -0.3 is 0 Å². The highest BCUT2D eigenvalue weighted by Gasteiger charge is 2.90. The second kappa shape index (κ2) is 16.5. The fourth-order valence-corrected chi connectivity index (χ4v) is 4.20. The van der Waals surface area contributed by atoms with Crippen molar-refractivity contribution in [1.82, 2.24) is 0 Å². The summed E-state index contributed by atoms with van der Waals surface area (Å²) >= 11 is -8.53. The van der Waals surface area contributed by atoms with Crippen LogP contribution in [0.5, 0.6) is 0 Å². The molecule has 62 heavy (non-hydrogen) atoms. The van der Waals surface area contributed by atoms with Crippen molar-refractivity contribution in [2.24, 2.45) is 0 Å². The summed E-state index contributed by atoms with van der Waals surface area (Å²) in [6.45, 7) is -14.8. The van der Waals surface area contributed by atoms with E-state index < -0.39 is 139 Å². The predicted molar refractivity (Wildman–Crippen MR) is 119 cm³/mol. The maximum atomic E-state index is 15.0. The summed E-state index contributed by atoms with van der Waals surface area (Å²) in [5, 5.41) is 0. The minimum Gasteiger partial charge on any atom is -0.261 e. The first-order valence-corrected chi connectivity index (χ1v) is 14.7. The van der Waals surface area contributed by atoms with Crippen LogP contribution in [0.25, 0.3) is 0 Å². The van der Waals surface area contributed by atoms with Gasteiger partial charge in [-0.2, -0.15) is 132 Å². The number of rotatable bonds is 24. The Labute approximate surface area is 314 Å². The molecular weight excluding hydrogens is 1040 g/mol. The molecule has 376 valence electrons. The Kier molecular flexibility index (Phi) is 15.9. The number of halogens is 37. The largest absolute Gasteiger partial charge is 0.384 e. The predicted octanol–water partition coefficient (Wildman–Crippen LogP) is 12.8. The molecule has 0 aromatic carbocycles. The van der Waals surface area contributed by atoms with Gasteiger partial charge in [-0.05, 0) is 0 Å². The maximum Gasteiger partial charge on any atom is 0.384 e. The minimum absolute atomic E-state index is 2.28. The lowest BCUT2D eigenvalue weighted by molar-refractivity contribution is -0.415. The fraction of sp³-hybridized carbons (Fsp3) is 1.00. The van der Waals surface area contributed by atoms with Gasteiger partial charge in [-0.1, -0.05) is 0 Å². The Morgan fingerprint density at radius 3 is 0.532 bits per heavy atom. The topological polar surface area (TPSA) is 27.7 Å². The first-order valence-electron chi connectivity index (χ1n) is 13.4. The second-order valence-corrected chi connectivity index (χ2v) is 12.7. The number of alkyl halides is 36. The van der Waals surface area contributed by atoms with Crippen LogP contribution < -0.4 is 0 Å². The molecule has 0 atom stereocenters. The third kappa shape index (κ3) is 8.84. The number of hydrogen-bond acceptors (Lipinski definition) is 3. The normalized spacial score (nSPS) is 16.9. The molecule has 41 heteroatoms. The van der Waals surface area contributed by atoms with Gasteiger partial charge >= 0.3 is 108 Å². The summed E-state index contributed by atoms with van der Waals surface area (Å²) in [6, 6.07) is 0. The zero-order valence-corrected chi connectivity index (χ0v) is 27.8. The molecule has 0 saturated heterocycles. The summed E-state index contributed by atoms with van der Waals surface area (Å²) in [5.74, 6) is -126. The van der Waals surface area contributed by atoms with Crippen LogP contribution in [-0.2, 0) is 12.5 Å². The molecule has 0 rings (SSSR count). The lowest BCUT2D eigenvalue weighted by atomic mass is 9.95. The molecule has 0 aromatic rings. The fourth-order valence-electron chi connectivity index (χ4n) is 3.13. The molecule has 0 bridgehead atoms. The van der Waals surface area contributed by atoms with E-state index in [1.807, 2.05) is 0 Å². The van der Waals surface area contributed by atoms with Crippen molar-refractivity contribution >= 4 is 11.3 Å². The zero-order valence-electron chi connectivity index (χ0n) is 27.0. The molecule has 0 N–H and O–H groups in total. The highest BCUT2D eigenvalue weighted by molar-refractivity contribution is 8.17. The molecule has 0 unspecified atom stereocenters. The molecule has 0 radical (unpaired) electrons. The van der Waals surface area contributed by atoms with E-state index in [-0.39, 0.29) is 0 Å². The SMILES string of the molecule is FC(F)C(F)(F)C(F)(F)C(F)(F)C(F)(F)C(F)(F)COS(F)(OCC(F)(F)C(F)(F)C(F)(F)C(F)(F)C(F)(F)C(F)F)OCC(F)(F)C(F)(F)C(F)(F)C(F)(F)C(F)(F)C(F)F. The van der Waals surface area contributed by atoms with Crippen molar-refractivity contribution in [3.63, 3.8) is 0 Å². The van der Waals surface area contributed by atoms with Crippen molar-refractivity contribution < 1.29 is 174 Å². The molecule has 0 heterocycles. The Morgan fingerprint density at radius 2 is 0.403 bits per heavy atom. The quantitative estimate of drug-likeness (QED) is 0.0902. The monoisotopic (exact) mass is 1040 g/mol. The van der Waals surface area contributed by atoms with E-state index in [1.54, 1.807) is 0 Å². The standard InChI is InChI=1S/C21H9F37O3S/c22-4(23)10(34,35)16(46,47)19(52,53)13(40,41)7(28,29)1-59-62(58,60-2-8(30,31)14(42,43)20(54,55)17(48,49)11(36,37)5(24)25)61-3-9(32,33)15(44,45)21(56,57)18(50,51)12(38,39)6(26)27/h4-6H,1-3H2. The van der Waals surface area contributed by atoms with E-state index in [0.29, 0.717) is 0 Å². The van der Waals surface area contributed by atoms with Crippen LogP contribution in [0.1, 0.15) is 0 Å². The Hall–Kier alpha value is -2.36. The molecule has 0 amide bonds. The minimum atomic E-state index is -8.79. The lowest BCUT2D eigenvalue weighted by Crippen LogP contribution is -2.69. The first kappa shape index (κ1) is 59.6.